The second-order valence-electron chi connectivity index (χ2n) is 6.69. The van der Waals surface area contributed by atoms with Crippen molar-refractivity contribution < 1.29 is 18.7 Å². The van der Waals surface area contributed by atoms with E-state index in [0.717, 1.165) is 12.8 Å². The summed E-state index contributed by atoms with van der Waals surface area (Å²) >= 11 is 0. The molecule has 1 saturated heterocycles. The van der Waals surface area contributed by atoms with Gasteiger partial charge in [-0.2, -0.15) is 0 Å². The molecule has 0 radical (unpaired) electrons. The summed E-state index contributed by atoms with van der Waals surface area (Å²) in [7, 11) is 0. The number of carbonyl (C=O) groups is 2. The topological polar surface area (TPSA) is 58.6 Å². The van der Waals surface area contributed by atoms with Crippen molar-refractivity contribution in [2.24, 2.45) is 0 Å². The number of ether oxygens (including phenoxy) is 1. The number of amides is 2. The van der Waals surface area contributed by atoms with Crippen molar-refractivity contribution in [3.63, 3.8) is 0 Å². The third kappa shape index (κ3) is 4.94. The lowest BCUT2D eigenvalue weighted by atomic mass is 10.2. The minimum Gasteiger partial charge on any atom is -0.444 e. The Hall–Kier alpha value is -2.11. The van der Waals surface area contributed by atoms with E-state index in [1.807, 2.05) is 20.8 Å². The molecule has 0 saturated carbocycles. The fourth-order valence-electron chi connectivity index (χ4n) is 2.55. The average Bonchev–Trinajstić information content (AvgIpc) is 2.91. The van der Waals surface area contributed by atoms with E-state index in [9.17, 15) is 14.0 Å². The van der Waals surface area contributed by atoms with Crippen LogP contribution in [0.15, 0.2) is 24.3 Å². The van der Waals surface area contributed by atoms with E-state index in [-0.39, 0.29) is 23.6 Å². The number of rotatable bonds is 3. The molecule has 1 atom stereocenters. The fraction of sp³-hybridized carbons (Fsp3) is 0.529. The molecule has 0 aromatic heterocycles. The molecule has 1 heterocycles. The van der Waals surface area contributed by atoms with Crippen molar-refractivity contribution in [3.8, 4) is 0 Å². The third-order valence-electron chi connectivity index (χ3n) is 3.59. The number of likely N-dealkylation sites (tertiary alicyclic amines) is 1. The fourth-order valence-corrected chi connectivity index (χ4v) is 2.55. The van der Waals surface area contributed by atoms with E-state index >= 15 is 0 Å². The zero-order chi connectivity index (χ0) is 17.0. The highest BCUT2D eigenvalue weighted by atomic mass is 19.1. The van der Waals surface area contributed by atoms with E-state index in [1.165, 1.54) is 18.2 Å². The maximum absolute atomic E-state index is 13.1. The monoisotopic (exact) mass is 322 g/mol. The van der Waals surface area contributed by atoms with Crippen LogP contribution in [0.25, 0.3) is 0 Å². The lowest BCUT2D eigenvalue weighted by molar-refractivity contribution is 0.0225. The first-order chi connectivity index (χ1) is 10.8. The summed E-state index contributed by atoms with van der Waals surface area (Å²) in [4.78, 5) is 25.9. The molecule has 1 aliphatic heterocycles. The molecule has 0 spiro atoms. The number of nitrogens with one attached hydrogen (secondary N) is 1. The summed E-state index contributed by atoms with van der Waals surface area (Å²) in [6.45, 7) is 6.41. The second kappa shape index (κ2) is 6.98. The van der Waals surface area contributed by atoms with E-state index in [1.54, 1.807) is 11.0 Å². The van der Waals surface area contributed by atoms with Gasteiger partial charge in [-0.1, -0.05) is 6.07 Å². The van der Waals surface area contributed by atoms with Crippen molar-refractivity contribution >= 4 is 12.0 Å². The maximum atomic E-state index is 13.1. The standard InChI is InChI=1S/C17H23FN2O3/c1-17(2,3)23-16(22)20-9-5-8-14(20)11-19-15(21)12-6-4-7-13(18)10-12/h4,6-7,10,14H,5,8-9,11H2,1-3H3,(H,19,21). The molecule has 1 aliphatic rings. The Balaban J connectivity index is 1.91. The normalized spacial score (nSPS) is 17.9. The van der Waals surface area contributed by atoms with Crippen LogP contribution in [0.5, 0.6) is 0 Å². The summed E-state index contributed by atoms with van der Waals surface area (Å²) in [5.41, 5.74) is -0.276. The molecule has 1 unspecified atom stereocenters. The zero-order valence-electron chi connectivity index (χ0n) is 13.8. The Morgan fingerprint density at radius 2 is 2.13 bits per heavy atom. The molecule has 2 amide bonds. The van der Waals surface area contributed by atoms with Gasteiger partial charge in [-0.25, -0.2) is 9.18 Å². The molecular formula is C17H23FN2O3. The van der Waals surface area contributed by atoms with E-state index in [4.69, 9.17) is 4.74 Å². The number of hydrogen-bond donors (Lipinski definition) is 1. The zero-order valence-corrected chi connectivity index (χ0v) is 13.8. The molecule has 1 fully saturated rings. The van der Waals surface area contributed by atoms with Crippen LogP contribution in [-0.4, -0.2) is 41.6 Å². The largest absolute Gasteiger partial charge is 0.444 e. The summed E-state index contributed by atoms with van der Waals surface area (Å²) in [5.74, 6) is -0.797. The Labute approximate surface area is 135 Å². The Morgan fingerprint density at radius 3 is 2.78 bits per heavy atom. The first kappa shape index (κ1) is 17.2. The highest BCUT2D eigenvalue weighted by Gasteiger charge is 2.32. The van der Waals surface area contributed by atoms with Gasteiger partial charge in [0.1, 0.15) is 11.4 Å². The lowest BCUT2D eigenvalue weighted by Crippen LogP contribution is -2.45. The van der Waals surface area contributed by atoms with Crippen LogP contribution in [0.1, 0.15) is 44.0 Å². The van der Waals surface area contributed by atoms with E-state index in [0.29, 0.717) is 13.1 Å². The number of carbonyl (C=O) groups excluding carboxylic acids is 2. The maximum Gasteiger partial charge on any atom is 0.410 e. The summed E-state index contributed by atoms with van der Waals surface area (Å²) in [5, 5.41) is 2.76. The van der Waals surface area contributed by atoms with Crippen LogP contribution >= 0.6 is 0 Å². The van der Waals surface area contributed by atoms with Gasteiger partial charge < -0.3 is 15.0 Å². The summed E-state index contributed by atoms with van der Waals surface area (Å²) < 4.78 is 18.5. The molecule has 23 heavy (non-hydrogen) atoms. The van der Waals surface area contributed by atoms with Gasteiger partial charge >= 0.3 is 6.09 Å². The predicted octanol–water partition coefficient (Wildman–Crippen LogP) is 2.96. The van der Waals surface area contributed by atoms with Gasteiger partial charge in [0.25, 0.3) is 5.91 Å². The van der Waals surface area contributed by atoms with Crippen molar-refractivity contribution in [2.45, 2.75) is 45.3 Å². The van der Waals surface area contributed by atoms with E-state index in [2.05, 4.69) is 5.32 Å². The van der Waals surface area contributed by atoms with Gasteiger partial charge in [-0.15, -0.1) is 0 Å². The van der Waals surface area contributed by atoms with Crippen molar-refractivity contribution in [2.75, 3.05) is 13.1 Å². The smallest absolute Gasteiger partial charge is 0.410 e. The number of hydrogen-bond acceptors (Lipinski definition) is 3. The third-order valence-corrected chi connectivity index (χ3v) is 3.59. The predicted molar refractivity (Wildman–Crippen MR) is 84.7 cm³/mol. The van der Waals surface area contributed by atoms with Gasteiger partial charge in [0, 0.05) is 18.7 Å². The summed E-state index contributed by atoms with van der Waals surface area (Å²) in [6, 6.07) is 5.43. The minimum atomic E-state index is -0.547. The van der Waals surface area contributed by atoms with Gasteiger partial charge in [0.05, 0.1) is 6.04 Å². The van der Waals surface area contributed by atoms with Crippen molar-refractivity contribution in [1.82, 2.24) is 10.2 Å². The van der Waals surface area contributed by atoms with Crippen LogP contribution in [0, 0.1) is 5.82 Å². The van der Waals surface area contributed by atoms with Crippen molar-refractivity contribution in [3.05, 3.63) is 35.6 Å². The van der Waals surface area contributed by atoms with Gasteiger partial charge in [0.15, 0.2) is 0 Å². The SMILES string of the molecule is CC(C)(C)OC(=O)N1CCCC1CNC(=O)c1cccc(F)c1. The highest BCUT2D eigenvalue weighted by molar-refractivity contribution is 5.94. The molecule has 2 rings (SSSR count). The Morgan fingerprint density at radius 1 is 1.39 bits per heavy atom. The average molecular weight is 322 g/mol. The molecule has 1 N–H and O–H groups in total. The Kier molecular flexibility index (Phi) is 5.23. The highest BCUT2D eigenvalue weighted by Crippen LogP contribution is 2.20. The lowest BCUT2D eigenvalue weighted by Gasteiger charge is -2.28. The number of halogens is 1. The van der Waals surface area contributed by atoms with Crippen LogP contribution in [0.3, 0.4) is 0 Å². The molecule has 5 nitrogen and oxygen atoms in total. The van der Waals surface area contributed by atoms with Crippen LogP contribution in [0.2, 0.25) is 0 Å². The van der Waals surface area contributed by atoms with Gasteiger partial charge in [0.2, 0.25) is 0 Å². The van der Waals surface area contributed by atoms with Crippen molar-refractivity contribution in [1.29, 1.82) is 0 Å². The quantitative estimate of drug-likeness (QED) is 0.931. The number of nitrogens with zero attached hydrogens (tertiary/aromatic N) is 1. The molecule has 6 heteroatoms. The van der Waals surface area contributed by atoms with E-state index < -0.39 is 11.4 Å². The minimum absolute atomic E-state index is 0.0950. The van der Waals surface area contributed by atoms with Crippen LogP contribution in [0.4, 0.5) is 9.18 Å². The second-order valence-corrected chi connectivity index (χ2v) is 6.69. The Bertz CT molecular complexity index is 583. The van der Waals surface area contributed by atoms with Crippen LogP contribution in [-0.2, 0) is 4.74 Å². The number of benzene rings is 1. The summed E-state index contributed by atoms with van der Waals surface area (Å²) in [6.07, 6.45) is 1.32. The van der Waals surface area contributed by atoms with Gasteiger partial charge in [-0.05, 0) is 51.8 Å². The molecule has 126 valence electrons. The molecule has 1 aromatic carbocycles. The molecule has 0 aliphatic carbocycles. The first-order valence-electron chi connectivity index (χ1n) is 7.79. The first-order valence-corrected chi connectivity index (χ1v) is 7.79. The molecular weight excluding hydrogens is 299 g/mol. The van der Waals surface area contributed by atoms with Crippen LogP contribution < -0.4 is 5.32 Å². The molecule has 1 aromatic rings. The molecule has 0 bridgehead atoms. The van der Waals surface area contributed by atoms with Gasteiger partial charge in [-0.3, -0.25) is 4.79 Å².